The molecule has 1 aromatic carbocycles. The Hall–Kier alpha value is -2.10. The Morgan fingerprint density at radius 3 is 2.70 bits per heavy atom. The smallest absolute Gasteiger partial charge is 0.339 e. The average Bonchev–Trinajstić information content (AvgIpc) is 3.21. The van der Waals surface area contributed by atoms with Gasteiger partial charge < -0.3 is 10.8 Å². The minimum Gasteiger partial charge on any atom is -0.478 e. The van der Waals surface area contributed by atoms with Gasteiger partial charge in [0.25, 0.3) is 0 Å². The van der Waals surface area contributed by atoms with E-state index < -0.39 is 5.97 Å². The van der Waals surface area contributed by atoms with Crippen molar-refractivity contribution in [3.8, 4) is 0 Å². The maximum absolute atomic E-state index is 11.4. The summed E-state index contributed by atoms with van der Waals surface area (Å²) in [6.45, 7) is 3.81. The van der Waals surface area contributed by atoms with Crippen molar-refractivity contribution in [1.82, 2.24) is 4.98 Å². The number of hydrogen-bond acceptors (Lipinski definition) is 3. The molecule has 4 nitrogen and oxygen atoms in total. The summed E-state index contributed by atoms with van der Waals surface area (Å²) >= 11 is 0. The van der Waals surface area contributed by atoms with Crippen LogP contribution in [0, 0.1) is 6.92 Å². The zero-order chi connectivity index (χ0) is 14.4. The van der Waals surface area contributed by atoms with Crippen LogP contribution >= 0.6 is 0 Å². The second-order valence-corrected chi connectivity index (χ2v) is 5.45. The number of rotatable bonds is 3. The van der Waals surface area contributed by atoms with E-state index in [2.05, 4.69) is 18.0 Å². The molecule has 104 valence electrons. The summed E-state index contributed by atoms with van der Waals surface area (Å²) in [6.07, 6.45) is 3.24. The van der Waals surface area contributed by atoms with Crippen LogP contribution in [0.15, 0.2) is 12.1 Å². The molecule has 0 saturated heterocycles. The van der Waals surface area contributed by atoms with Gasteiger partial charge in [0.15, 0.2) is 0 Å². The van der Waals surface area contributed by atoms with Crippen LogP contribution in [0.25, 0.3) is 10.9 Å². The molecule has 0 unspecified atom stereocenters. The molecule has 1 aromatic heterocycles. The Bertz CT molecular complexity index is 718. The number of fused-ring (bicyclic) bond motifs is 1. The third-order valence-electron chi connectivity index (χ3n) is 4.08. The first kappa shape index (κ1) is 12.9. The molecule has 3 N–H and O–H groups in total. The van der Waals surface area contributed by atoms with E-state index in [0.717, 1.165) is 30.2 Å². The molecule has 1 aliphatic carbocycles. The molecule has 1 fully saturated rings. The lowest BCUT2D eigenvalue weighted by Crippen LogP contribution is -2.09. The van der Waals surface area contributed by atoms with Gasteiger partial charge in [-0.3, -0.25) is 4.98 Å². The second kappa shape index (κ2) is 4.47. The Balaban J connectivity index is 2.43. The van der Waals surface area contributed by atoms with E-state index in [9.17, 15) is 9.90 Å². The minimum atomic E-state index is -1.00. The van der Waals surface area contributed by atoms with Gasteiger partial charge in [0, 0.05) is 5.39 Å². The van der Waals surface area contributed by atoms with E-state index >= 15 is 0 Å². The number of anilines is 1. The fourth-order valence-electron chi connectivity index (χ4n) is 3.00. The number of nitrogens with zero attached hydrogens (tertiary/aromatic N) is 1. The van der Waals surface area contributed by atoms with Crippen molar-refractivity contribution >= 4 is 22.6 Å². The van der Waals surface area contributed by atoms with E-state index in [1.165, 1.54) is 11.1 Å². The summed E-state index contributed by atoms with van der Waals surface area (Å²) in [5.74, 6) is -0.486. The number of carboxylic acid groups (broad SMARTS) is 1. The molecule has 1 aliphatic rings. The minimum absolute atomic E-state index is 0.146. The number of carbonyl (C=O) groups is 1. The number of aryl methyl sites for hydroxylation is 2. The van der Waals surface area contributed by atoms with Gasteiger partial charge in [0.05, 0.1) is 16.9 Å². The lowest BCUT2D eigenvalue weighted by molar-refractivity contribution is 0.0697. The highest BCUT2D eigenvalue weighted by Crippen LogP contribution is 2.46. The van der Waals surface area contributed by atoms with E-state index in [1.807, 2.05) is 6.07 Å². The molecule has 20 heavy (non-hydrogen) atoms. The van der Waals surface area contributed by atoms with Gasteiger partial charge >= 0.3 is 5.97 Å². The van der Waals surface area contributed by atoms with Gasteiger partial charge in [-0.05, 0) is 49.3 Å². The molecule has 2 aromatic rings. The summed E-state index contributed by atoms with van der Waals surface area (Å²) in [6, 6.07) is 4.05. The predicted molar refractivity (Wildman–Crippen MR) is 79.2 cm³/mol. The zero-order valence-electron chi connectivity index (χ0n) is 11.7. The number of pyridine rings is 1. The van der Waals surface area contributed by atoms with Crippen LogP contribution in [0.3, 0.4) is 0 Å². The Labute approximate surface area is 117 Å². The van der Waals surface area contributed by atoms with Crippen LogP contribution in [0.5, 0.6) is 0 Å². The summed E-state index contributed by atoms with van der Waals surface area (Å²) in [5, 5.41) is 10.2. The van der Waals surface area contributed by atoms with Crippen molar-refractivity contribution < 1.29 is 9.90 Å². The topological polar surface area (TPSA) is 76.2 Å². The molecule has 3 rings (SSSR count). The molecule has 0 radical (unpaired) electrons. The summed E-state index contributed by atoms with van der Waals surface area (Å²) in [5.41, 5.74) is 10.5. The summed E-state index contributed by atoms with van der Waals surface area (Å²) in [4.78, 5) is 15.9. The monoisotopic (exact) mass is 270 g/mol. The highest BCUT2D eigenvalue weighted by Gasteiger charge is 2.30. The number of nitrogens with two attached hydrogens (primary N) is 1. The SMILES string of the molecule is CCc1ccc2nc(C)c(C(=O)O)c(N)c2c1C1CC1. The third-order valence-corrected chi connectivity index (χ3v) is 4.08. The third kappa shape index (κ3) is 1.83. The first-order valence-corrected chi connectivity index (χ1v) is 6.99. The molecule has 0 bridgehead atoms. The van der Waals surface area contributed by atoms with Gasteiger partial charge in [-0.2, -0.15) is 0 Å². The summed E-state index contributed by atoms with van der Waals surface area (Å²) in [7, 11) is 0. The van der Waals surface area contributed by atoms with Crippen LogP contribution in [-0.4, -0.2) is 16.1 Å². The van der Waals surface area contributed by atoms with E-state index in [0.29, 0.717) is 17.3 Å². The maximum Gasteiger partial charge on any atom is 0.339 e. The number of hydrogen-bond donors (Lipinski definition) is 2. The highest BCUT2D eigenvalue weighted by atomic mass is 16.4. The highest BCUT2D eigenvalue weighted by molar-refractivity contribution is 6.06. The van der Waals surface area contributed by atoms with Crippen LogP contribution in [-0.2, 0) is 6.42 Å². The van der Waals surface area contributed by atoms with Crippen molar-refractivity contribution in [2.45, 2.75) is 39.0 Å². The van der Waals surface area contributed by atoms with Crippen LogP contribution in [0.4, 0.5) is 5.69 Å². The van der Waals surface area contributed by atoms with Crippen molar-refractivity contribution in [2.24, 2.45) is 0 Å². The van der Waals surface area contributed by atoms with Gasteiger partial charge in [-0.1, -0.05) is 13.0 Å². The molecule has 1 saturated carbocycles. The lowest BCUT2D eigenvalue weighted by atomic mass is 9.93. The second-order valence-electron chi connectivity index (χ2n) is 5.45. The normalized spacial score (nSPS) is 14.7. The Morgan fingerprint density at radius 1 is 1.45 bits per heavy atom. The number of aromatic carboxylic acids is 1. The molecule has 0 spiro atoms. The van der Waals surface area contributed by atoms with Crippen LogP contribution < -0.4 is 5.73 Å². The first-order valence-electron chi connectivity index (χ1n) is 6.99. The van der Waals surface area contributed by atoms with Crippen molar-refractivity contribution in [3.05, 3.63) is 34.5 Å². The van der Waals surface area contributed by atoms with Gasteiger partial charge in [0.2, 0.25) is 0 Å². The van der Waals surface area contributed by atoms with Crippen LogP contribution in [0.2, 0.25) is 0 Å². The van der Waals surface area contributed by atoms with E-state index in [-0.39, 0.29) is 5.56 Å². The quantitative estimate of drug-likeness (QED) is 0.897. The predicted octanol–water partition coefficient (Wildman–Crippen LogP) is 3.26. The molecule has 4 heteroatoms. The molecule has 0 amide bonds. The van der Waals surface area contributed by atoms with Crippen molar-refractivity contribution in [1.29, 1.82) is 0 Å². The van der Waals surface area contributed by atoms with Gasteiger partial charge in [0.1, 0.15) is 5.56 Å². The number of benzene rings is 1. The maximum atomic E-state index is 11.4. The van der Waals surface area contributed by atoms with E-state index in [4.69, 9.17) is 5.73 Å². The number of carboxylic acids is 1. The molecule has 0 aliphatic heterocycles. The van der Waals surface area contributed by atoms with Crippen molar-refractivity contribution in [2.75, 3.05) is 5.73 Å². The molecular formula is C16H18N2O2. The fraction of sp³-hybridized carbons (Fsp3) is 0.375. The average molecular weight is 270 g/mol. The standard InChI is InChI=1S/C16H18N2O2/c1-3-9-6-7-11-14(13(9)10-4-5-10)15(17)12(16(19)20)8(2)18-11/h6-7,10H,3-5H2,1-2H3,(H2,17,18)(H,19,20). The largest absolute Gasteiger partial charge is 0.478 e. The van der Waals surface area contributed by atoms with Crippen molar-refractivity contribution in [3.63, 3.8) is 0 Å². The zero-order valence-corrected chi connectivity index (χ0v) is 11.7. The molecular weight excluding hydrogens is 252 g/mol. The Kier molecular flexibility index (Phi) is 2.89. The van der Waals surface area contributed by atoms with E-state index in [1.54, 1.807) is 6.92 Å². The number of aromatic nitrogens is 1. The van der Waals surface area contributed by atoms with Gasteiger partial charge in [-0.25, -0.2) is 4.79 Å². The lowest BCUT2D eigenvalue weighted by Gasteiger charge is -2.15. The molecule has 0 atom stereocenters. The number of nitrogen functional groups attached to an aromatic ring is 1. The Morgan fingerprint density at radius 2 is 2.15 bits per heavy atom. The fourth-order valence-corrected chi connectivity index (χ4v) is 3.00. The molecule has 1 heterocycles. The van der Waals surface area contributed by atoms with Gasteiger partial charge in [-0.15, -0.1) is 0 Å². The first-order chi connectivity index (χ1) is 9.54. The summed E-state index contributed by atoms with van der Waals surface area (Å²) < 4.78 is 0. The van der Waals surface area contributed by atoms with Crippen LogP contribution in [0.1, 0.15) is 52.9 Å².